The Morgan fingerprint density at radius 3 is 2.44 bits per heavy atom. The SMILES string of the molecule is COc1ccc(/C(=C\C(=O)N2CCOCC2)c2ccc(Cl)nc2)cc1OC. The first kappa shape index (κ1) is 19.2. The average Bonchev–Trinajstić information content (AvgIpc) is 2.72. The van der Waals surface area contributed by atoms with E-state index in [2.05, 4.69) is 4.98 Å². The van der Waals surface area contributed by atoms with E-state index in [0.717, 1.165) is 16.7 Å². The molecule has 0 N–H and O–H groups in total. The Hall–Kier alpha value is -2.57. The van der Waals surface area contributed by atoms with Gasteiger partial charge in [0.2, 0.25) is 5.91 Å². The molecule has 0 aliphatic carbocycles. The van der Waals surface area contributed by atoms with Gasteiger partial charge in [0, 0.05) is 30.9 Å². The largest absolute Gasteiger partial charge is 0.493 e. The quantitative estimate of drug-likeness (QED) is 0.582. The molecule has 0 bridgehead atoms. The Balaban J connectivity index is 2.03. The maximum atomic E-state index is 12.8. The van der Waals surface area contributed by atoms with Crippen molar-refractivity contribution in [1.82, 2.24) is 9.88 Å². The fourth-order valence-electron chi connectivity index (χ4n) is 2.87. The third-order valence-corrected chi connectivity index (χ3v) is 4.55. The lowest BCUT2D eigenvalue weighted by Crippen LogP contribution is -2.39. The summed E-state index contributed by atoms with van der Waals surface area (Å²) < 4.78 is 16.0. The Morgan fingerprint density at radius 2 is 1.81 bits per heavy atom. The zero-order valence-corrected chi connectivity index (χ0v) is 16.0. The third kappa shape index (κ3) is 4.59. The molecule has 0 atom stereocenters. The number of carbonyl (C=O) groups excluding carboxylic acids is 1. The predicted octanol–water partition coefficient (Wildman–Crippen LogP) is 3.04. The number of halogens is 1. The number of ether oxygens (including phenoxy) is 3. The van der Waals surface area contributed by atoms with Gasteiger partial charge in [0.1, 0.15) is 5.15 Å². The van der Waals surface area contributed by atoms with Crippen molar-refractivity contribution < 1.29 is 19.0 Å². The van der Waals surface area contributed by atoms with Crippen molar-refractivity contribution in [1.29, 1.82) is 0 Å². The number of amides is 1. The van der Waals surface area contributed by atoms with E-state index in [1.54, 1.807) is 37.5 Å². The summed E-state index contributed by atoms with van der Waals surface area (Å²) in [4.78, 5) is 18.7. The van der Waals surface area contributed by atoms with Crippen molar-refractivity contribution in [3.05, 3.63) is 58.9 Å². The second kappa shape index (κ2) is 8.88. The smallest absolute Gasteiger partial charge is 0.247 e. The number of carbonyl (C=O) groups is 1. The van der Waals surface area contributed by atoms with Crippen LogP contribution in [0, 0.1) is 0 Å². The molecular weight excluding hydrogens is 368 g/mol. The highest BCUT2D eigenvalue weighted by Crippen LogP contribution is 2.33. The van der Waals surface area contributed by atoms with Gasteiger partial charge in [-0.15, -0.1) is 0 Å². The summed E-state index contributed by atoms with van der Waals surface area (Å²) in [5.41, 5.74) is 2.34. The molecule has 1 saturated heterocycles. The van der Waals surface area contributed by atoms with E-state index in [1.807, 2.05) is 24.3 Å². The van der Waals surface area contributed by atoms with Crippen molar-refractivity contribution in [2.75, 3.05) is 40.5 Å². The van der Waals surface area contributed by atoms with Gasteiger partial charge in [-0.3, -0.25) is 4.79 Å². The molecule has 6 nitrogen and oxygen atoms in total. The number of morpholine rings is 1. The van der Waals surface area contributed by atoms with Gasteiger partial charge in [-0.05, 0) is 35.4 Å². The number of aromatic nitrogens is 1. The van der Waals surface area contributed by atoms with Crippen LogP contribution in [0.1, 0.15) is 11.1 Å². The van der Waals surface area contributed by atoms with Crippen LogP contribution >= 0.6 is 11.6 Å². The van der Waals surface area contributed by atoms with Crippen LogP contribution in [0.5, 0.6) is 11.5 Å². The molecule has 7 heteroatoms. The summed E-state index contributed by atoms with van der Waals surface area (Å²) in [7, 11) is 3.16. The normalized spacial score (nSPS) is 14.8. The molecule has 3 rings (SSSR count). The van der Waals surface area contributed by atoms with E-state index in [9.17, 15) is 4.79 Å². The minimum atomic E-state index is -0.0713. The van der Waals surface area contributed by atoms with Crippen LogP contribution in [-0.4, -0.2) is 56.3 Å². The number of hydrogen-bond acceptors (Lipinski definition) is 5. The van der Waals surface area contributed by atoms with Crippen molar-refractivity contribution in [3.8, 4) is 11.5 Å². The topological polar surface area (TPSA) is 60.9 Å². The number of methoxy groups -OCH3 is 2. The van der Waals surface area contributed by atoms with Gasteiger partial charge in [-0.25, -0.2) is 4.98 Å². The lowest BCUT2D eigenvalue weighted by Gasteiger charge is -2.26. The Bertz CT molecular complexity index is 830. The number of benzene rings is 1. The van der Waals surface area contributed by atoms with Gasteiger partial charge >= 0.3 is 0 Å². The van der Waals surface area contributed by atoms with E-state index >= 15 is 0 Å². The van der Waals surface area contributed by atoms with Crippen LogP contribution in [0.4, 0.5) is 0 Å². The van der Waals surface area contributed by atoms with Crippen LogP contribution in [0.15, 0.2) is 42.6 Å². The highest BCUT2D eigenvalue weighted by molar-refractivity contribution is 6.29. The molecule has 1 amide bonds. The van der Waals surface area contributed by atoms with Gasteiger partial charge in [0.25, 0.3) is 0 Å². The van der Waals surface area contributed by atoms with E-state index in [0.29, 0.717) is 43.0 Å². The maximum absolute atomic E-state index is 12.8. The zero-order valence-electron chi connectivity index (χ0n) is 15.3. The summed E-state index contributed by atoms with van der Waals surface area (Å²) in [6.07, 6.45) is 3.27. The molecule has 0 spiro atoms. The fraction of sp³-hybridized carbons (Fsp3) is 0.300. The van der Waals surface area contributed by atoms with Crippen molar-refractivity contribution in [3.63, 3.8) is 0 Å². The number of pyridine rings is 1. The van der Waals surface area contributed by atoms with E-state index < -0.39 is 0 Å². The van der Waals surface area contributed by atoms with E-state index in [1.165, 1.54) is 0 Å². The van der Waals surface area contributed by atoms with Crippen LogP contribution in [-0.2, 0) is 9.53 Å². The number of nitrogens with zero attached hydrogens (tertiary/aromatic N) is 2. The second-order valence-corrected chi connectivity index (χ2v) is 6.32. The monoisotopic (exact) mass is 388 g/mol. The van der Waals surface area contributed by atoms with Gasteiger partial charge in [-0.2, -0.15) is 0 Å². The first-order valence-corrected chi connectivity index (χ1v) is 8.93. The zero-order chi connectivity index (χ0) is 19.2. The van der Waals surface area contributed by atoms with Crippen molar-refractivity contribution >= 4 is 23.1 Å². The highest BCUT2D eigenvalue weighted by Gasteiger charge is 2.18. The molecule has 1 aliphatic rings. The Morgan fingerprint density at radius 1 is 1.11 bits per heavy atom. The molecule has 1 fully saturated rings. The first-order chi connectivity index (χ1) is 13.1. The Kier molecular flexibility index (Phi) is 6.32. The summed E-state index contributed by atoms with van der Waals surface area (Å²) >= 11 is 5.92. The highest BCUT2D eigenvalue weighted by atomic mass is 35.5. The molecule has 2 heterocycles. The summed E-state index contributed by atoms with van der Waals surface area (Å²) in [6, 6.07) is 9.07. The second-order valence-electron chi connectivity index (χ2n) is 5.94. The fourth-order valence-corrected chi connectivity index (χ4v) is 2.98. The van der Waals surface area contributed by atoms with Gasteiger partial charge in [0.05, 0.1) is 27.4 Å². The van der Waals surface area contributed by atoms with Crippen molar-refractivity contribution in [2.24, 2.45) is 0 Å². The lowest BCUT2D eigenvalue weighted by atomic mass is 9.98. The molecule has 27 heavy (non-hydrogen) atoms. The molecule has 1 aliphatic heterocycles. The molecule has 2 aromatic rings. The van der Waals surface area contributed by atoms with Crippen LogP contribution in [0.25, 0.3) is 5.57 Å². The molecular formula is C20H21ClN2O4. The lowest BCUT2D eigenvalue weighted by molar-refractivity contribution is -0.129. The molecule has 1 aromatic heterocycles. The molecule has 0 unspecified atom stereocenters. The van der Waals surface area contributed by atoms with E-state index in [4.69, 9.17) is 25.8 Å². The van der Waals surface area contributed by atoms with Gasteiger partial charge in [0.15, 0.2) is 11.5 Å². The molecule has 1 aromatic carbocycles. The third-order valence-electron chi connectivity index (χ3n) is 4.32. The maximum Gasteiger partial charge on any atom is 0.247 e. The van der Waals surface area contributed by atoms with Crippen LogP contribution in [0.2, 0.25) is 5.15 Å². The van der Waals surface area contributed by atoms with Crippen LogP contribution < -0.4 is 9.47 Å². The molecule has 0 saturated carbocycles. The summed E-state index contributed by atoms with van der Waals surface area (Å²) in [5.74, 6) is 1.13. The predicted molar refractivity (Wildman–Crippen MR) is 103 cm³/mol. The first-order valence-electron chi connectivity index (χ1n) is 8.55. The van der Waals surface area contributed by atoms with Crippen LogP contribution in [0.3, 0.4) is 0 Å². The van der Waals surface area contributed by atoms with Crippen molar-refractivity contribution in [2.45, 2.75) is 0 Å². The summed E-state index contributed by atoms with van der Waals surface area (Å²) in [6.45, 7) is 2.25. The average molecular weight is 389 g/mol. The minimum Gasteiger partial charge on any atom is -0.493 e. The number of hydrogen-bond donors (Lipinski definition) is 0. The number of rotatable bonds is 5. The van der Waals surface area contributed by atoms with Gasteiger partial charge < -0.3 is 19.1 Å². The van der Waals surface area contributed by atoms with E-state index in [-0.39, 0.29) is 5.91 Å². The summed E-state index contributed by atoms with van der Waals surface area (Å²) in [5, 5.41) is 0.393. The standard InChI is InChI=1S/C20H21ClN2O4/c1-25-17-5-3-14(11-18(17)26-2)16(15-4-6-19(21)22-13-15)12-20(24)23-7-9-27-10-8-23/h3-6,11-13H,7-10H2,1-2H3/b16-12+. The Labute approximate surface area is 163 Å². The van der Waals surface area contributed by atoms with Gasteiger partial charge in [-0.1, -0.05) is 17.7 Å². The minimum absolute atomic E-state index is 0.0713. The molecule has 142 valence electrons. The molecule has 0 radical (unpaired) electrons.